The van der Waals surface area contributed by atoms with Gasteiger partial charge in [0, 0.05) is 18.8 Å². The number of sulfonamides is 1. The van der Waals surface area contributed by atoms with Crippen LogP contribution in [0.3, 0.4) is 0 Å². The number of anilines is 1. The molecule has 0 saturated carbocycles. The van der Waals surface area contributed by atoms with Crippen molar-refractivity contribution in [3.05, 3.63) is 23.8 Å². The molecule has 0 aliphatic carbocycles. The first-order chi connectivity index (χ1) is 9.34. The Kier molecular flexibility index (Phi) is 6.45. The van der Waals surface area contributed by atoms with Crippen molar-refractivity contribution in [2.75, 3.05) is 18.9 Å². The van der Waals surface area contributed by atoms with Crippen LogP contribution in [-0.2, 0) is 14.8 Å². The van der Waals surface area contributed by atoms with Crippen LogP contribution in [0, 0.1) is 6.92 Å². The third-order valence-corrected chi connectivity index (χ3v) is 4.54. The quantitative estimate of drug-likeness (QED) is 0.569. The molecule has 0 radical (unpaired) electrons. The number of rotatable bonds is 8. The maximum atomic E-state index is 12.1. The van der Waals surface area contributed by atoms with E-state index >= 15 is 0 Å². The van der Waals surface area contributed by atoms with Gasteiger partial charge in [0.2, 0.25) is 10.0 Å². The molecule has 0 saturated heterocycles. The van der Waals surface area contributed by atoms with Crippen molar-refractivity contribution >= 4 is 15.7 Å². The van der Waals surface area contributed by atoms with Gasteiger partial charge in [0.1, 0.15) is 0 Å². The van der Waals surface area contributed by atoms with Crippen molar-refractivity contribution in [3.63, 3.8) is 0 Å². The average Bonchev–Trinajstić information content (AvgIpc) is 2.36. The van der Waals surface area contributed by atoms with E-state index in [2.05, 4.69) is 4.72 Å². The molecule has 5 nitrogen and oxygen atoms in total. The largest absolute Gasteiger partial charge is 0.398 e. The van der Waals surface area contributed by atoms with E-state index in [0.717, 1.165) is 12.8 Å². The fourth-order valence-corrected chi connectivity index (χ4v) is 3.10. The Morgan fingerprint density at radius 2 is 2.00 bits per heavy atom. The van der Waals surface area contributed by atoms with Crippen molar-refractivity contribution in [3.8, 4) is 0 Å². The molecule has 1 rings (SSSR count). The molecule has 1 aromatic carbocycles. The van der Waals surface area contributed by atoms with Crippen molar-refractivity contribution in [2.45, 2.75) is 44.6 Å². The topological polar surface area (TPSA) is 81.4 Å². The zero-order chi connectivity index (χ0) is 15.2. The number of unbranched alkanes of at least 4 members (excludes halogenated alkanes) is 1. The Morgan fingerprint density at radius 1 is 1.30 bits per heavy atom. The normalized spacial score (nSPS) is 12.0. The van der Waals surface area contributed by atoms with Gasteiger partial charge in [-0.1, -0.05) is 6.07 Å². The predicted octanol–water partition coefficient (Wildman–Crippen LogP) is 2.06. The van der Waals surface area contributed by atoms with E-state index in [1.165, 1.54) is 0 Å². The molecule has 0 fully saturated rings. The van der Waals surface area contributed by atoms with Crippen LogP contribution in [0.4, 0.5) is 5.69 Å². The summed E-state index contributed by atoms with van der Waals surface area (Å²) in [7, 11) is -3.49. The second kappa shape index (κ2) is 7.61. The maximum absolute atomic E-state index is 12.1. The highest BCUT2D eigenvalue weighted by Crippen LogP contribution is 2.20. The van der Waals surface area contributed by atoms with E-state index in [9.17, 15) is 8.42 Å². The van der Waals surface area contributed by atoms with Gasteiger partial charge in [0.25, 0.3) is 0 Å². The van der Waals surface area contributed by atoms with E-state index in [4.69, 9.17) is 10.5 Å². The summed E-state index contributed by atoms with van der Waals surface area (Å²) >= 11 is 0. The Bertz CT molecular complexity index is 527. The first kappa shape index (κ1) is 16.9. The molecule has 0 aliphatic heterocycles. The molecule has 0 aliphatic rings. The smallest absolute Gasteiger partial charge is 0.240 e. The van der Waals surface area contributed by atoms with E-state index in [1.54, 1.807) is 25.1 Å². The van der Waals surface area contributed by atoms with E-state index in [-0.39, 0.29) is 11.0 Å². The minimum atomic E-state index is -3.49. The molecule has 3 N–H and O–H groups in total. The molecule has 114 valence electrons. The van der Waals surface area contributed by atoms with Crippen LogP contribution in [0.25, 0.3) is 0 Å². The number of hydrogen-bond donors (Lipinski definition) is 2. The molecule has 0 unspecified atom stereocenters. The molecule has 20 heavy (non-hydrogen) atoms. The van der Waals surface area contributed by atoms with Gasteiger partial charge in [0.05, 0.1) is 11.0 Å². The number of hydrogen-bond acceptors (Lipinski definition) is 4. The van der Waals surface area contributed by atoms with Crippen molar-refractivity contribution in [1.82, 2.24) is 4.72 Å². The highest BCUT2D eigenvalue weighted by atomic mass is 32.2. The van der Waals surface area contributed by atoms with E-state index < -0.39 is 10.0 Å². The SMILES string of the molecule is Cc1c(N)cccc1S(=O)(=O)NCCCCOC(C)C. The first-order valence-electron chi connectivity index (χ1n) is 6.81. The summed E-state index contributed by atoms with van der Waals surface area (Å²) < 4.78 is 32.3. The van der Waals surface area contributed by atoms with Gasteiger partial charge in [-0.05, 0) is 51.3 Å². The average molecular weight is 300 g/mol. The summed E-state index contributed by atoms with van der Waals surface area (Å²) in [6.07, 6.45) is 1.78. The molecule has 0 amide bonds. The molecule has 6 heteroatoms. The van der Waals surface area contributed by atoms with Gasteiger partial charge < -0.3 is 10.5 Å². The summed E-state index contributed by atoms with van der Waals surface area (Å²) in [4.78, 5) is 0.246. The Morgan fingerprint density at radius 3 is 2.65 bits per heavy atom. The van der Waals surface area contributed by atoms with Crippen molar-refractivity contribution in [1.29, 1.82) is 0 Å². The zero-order valence-electron chi connectivity index (χ0n) is 12.3. The Balaban J connectivity index is 2.48. The highest BCUT2D eigenvalue weighted by molar-refractivity contribution is 7.89. The Labute approximate surface area is 121 Å². The monoisotopic (exact) mass is 300 g/mol. The Hall–Kier alpha value is -1.11. The van der Waals surface area contributed by atoms with Crippen molar-refractivity contribution < 1.29 is 13.2 Å². The second-order valence-corrected chi connectivity index (χ2v) is 6.73. The fraction of sp³-hybridized carbons (Fsp3) is 0.571. The molecular formula is C14H24N2O3S. The van der Waals surface area contributed by atoms with Gasteiger partial charge in [-0.15, -0.1) is 0 Å². The third kappa shape index (κ3) is 5.11. The van der Waals surface area contributed by atoms with Crippen molar-refractivity contribution in [2.24, 2.45) is 0 Å². The lowest BCUT2D eigenvalue weighted by Crippen LogP contribution is -2.26. The summed E-state index contributed by atoms with van der Waals surface area (Å²) in [5, 5.41) is 0. The molecular weight excluding hydrogens is 276 g/mol. The maximum Gasteiger partial charge on any atom is 0.240 e. The molecule has 0 aromatic heterocycles. The lowest BCUT2D eigenvalue weighted by Gasteiger charge is -2.11. The van der Waals surface area contributed by atoms with Crippen LogP contribution in [0.15, 0.2) is 23.1 Å². The minimum absolute atomic E-state index is 0.210. The summed E-state index contributed by atoms with van der Waals surface area (Å²) in [6.45, 7) is 6.71. The molecule has 1 aromatic rings. The van der Waals surface area contributed by atoms with E-state index in [1.807, 2.05) is 13.8 Å². The molecule has 0 heterocycles. The number of benzene rings is 1. The van der Waals surface area contributed by atoms with Gasteiger partial charge in [-0.3, -0.25) is 0 Å². The summed E-state index contributed by atoms with van der Waals surface area (Å²) in [6, 6.07) is 4.90. The minimum Gasteiger partial charge on any atom is -0.398 e. The first-order valence-corrected chi connectivity index (χ1v) is 8.29. The van der Waals surface area contributed by atoms with Crippen LogP contribution >= 0.6 is 0 Å². The highest BCUT2D eigenvalue weighted by Gasteiger charge is 2.16. The summed E-state index contributed by atoms with van der Waals surface area (Å²) in [5.74, 6) is 0. The van der Waals surface area contributed by atoms with Crippen LogP contribution in [0.5, 0.6) is 0 Å². The van der Waals surface area contributed by atoms with E-state index in [0.29, 0.717) is 24.4 Å². The fourth-order valence-electron chi connectivity index (χ4n) is 1.75. The standard InChI is InChI=1S/C14H24N2O3S/c1-11(2)19-10-5-4-9-16-20(17,18)14-8-6-7-13(15)12(14)3/h6-8,11,16H,4-5,9-10,15H2,1-3H3. The number of nitrogen functional groups attached to an aromatic ring is 1. The third-order valence-electron chi connectivity index (χ3n) is 2.93. The van der Waals surface area contributed by atoms with Crippen LogP contribution in [-0.4, -0.2) is 27.7 Å². The molecule has 0 spiro atoms. The summed E-state index contributed by atoms with van der Waals surface area (Å²) in [5.41, 5.74) is 6.80. The van der Waals surface area contributed by atoms with Gasteiger partial charge in [-0.25, -0.2) is 13.1 Å². The lowest BCUT2D eigenvalue weighted by atomic mass is 10.2. The number of nitrogens with one attached hydrogen (secondary N) is 1. The van der Waals surface area contributed by atoms with Gasteiger partial charge in [-0.2, -0.15) is 0 Å². The number of ether oxygens (including phenoxy) is 1. The molecule has 0 bridgehead atoms. The predicted molar refractivity (Wildman–Crippen MR) is 81.1 cm³/mol. The van der Waals surface area contributed by atoms with Gasteiger partial charge in [0.15, 0.2) is 0 Å². The van der Waals surface area contributed by atoms with Crippen LogP contribution in [0.2, 0.25) is 0 Å². The zero-order valence-corrected chi connectivity index (χ0v) is 13.2. The number of nitrogens with two attached hydrogens (primary N) is 1. The van der Waals surface area contributed by atoms with Gasteiger partial charge >= 0.3 is 0 Å². The van der Waals surface area contributed by atoms with Crippen LogP contribution in [0.1, 0.15) is 32.3 Å². The van der Waals surface area contributed by atoms with Crippen LogP contribution < -0.4 is 10.5 Å². The second-order valence-electron chi connectivity index (χ2n) is 4.99. The lowest BCUT2D eigenvalue weighted by molar-refractivity contribution is 0.0762. The molecule has 0 atom stereocenters.